The molecule has 15 aromatic rings. The third-order valence-electron chi connectivity index (χ3n) is 16.3. The summed E-state index contributed by atoms with van der Waals surface area (Å²) in [6.07, 6.45) is 0. The Hall–Kier alpha value is -11.1. The number of hydrogen-bond acceptors (Lipinski definition) is 2. The van der Waals surface area contributed by atoms with Crippen LogP contribution in [0.25, 0.3) is 99.5 Å². The molecule has 84 heavy (non-hydrogen) atoms. The molecule has 398 valence electrons. The molecular weight excluding hydrogens is 1030 g/mol. The highest BCUT2D eigenvalue weighted by Gasteiger charge is 2.21. The SMILES string of the molecule is Fc1ccc(-n2c3ccccc3c3cc(N(c4ccc(-c5ccccc5)cc4)c4ccc(-c5ccc(-c6ccc(N(c7ccc(-c8ccccc8)cc7)c7ccc8c(c7)c7ccccc7n8-c7ccc(F)cc7)cc6)cc5)cc4)ccc32)cc1. The van der Waals surface area contributed by atoms with Gasteiger partial charge < -0.3 is 18.9 Å². The number of nitrogens with zero attached hydrogens (tertiary/aromatic N) is 4. The smallest absolute Gasteiger partial charge is 0.123 e. The Morgan fingerprint density at radius 3 is 0.774 bits per heavy atom. The predicted octanol–water partition coefficient (Wildman–Crippen LogP) is 21.8. The quantitative estimate of drug-likeness (QED) is 0.121. The molecule has 13 aromatic carbocycles. The van der Waals surface area contributed by atoms with E-state index in [1.54, 1.807) is 0 Å². The fourth-order valence-electron chi connectivity index (χ4n) is 12.2. The molecule has 0 spiro atoms. The average molecular weight is 1080 g/mol. The van der Waals surface area contributed by atoms with Crippen LogP contribution in [0.3, 0.4) is 0 Å². The van der Waals surface area contributed by atoms with E-state index in [1.165, 1.54) is 35.4 Å². The van der Waals surface area contributed by atoms with Crippen LogP contribution in [0.2, 0.25) is 0 Å². The Morgan fingerprint density at radius 2 is 0.452 bits per heavy atom. The van der Waals surface area contributed by atoms with Gasteiger partial charge >= 0.3 is 0 Å². The van der Waals surface area contributed by atoms with Crippen molar-refractivity contribution in [3.8, 4) is 55.9 Å². The van der Waals surface area contributed by atoms with Gasteiger partial charge in [-0.15, -0.1) is 0 Å². The van der Waals surface area contributed by atoms with Gasteiger partial charge in [-0.05, 0) is 190 Å². The number of anilines is 6. The lowest BCUT2D eigenvalue weighted by molar-refractivity contribution is 0.627. The van der Waals surface area contributed by atoms with E-state index in [2.05, 4.69) is 274 Å². The number of fused-ring (bicyclic) bond motifs is 6. The molecule has 0 amide bonds. The third-order valence-corrected chi connectivity index (χ3v) is 16.3. The molecule has 0 saturated carbocycles. The van der Waals surface area contributed by atoms with E-state index in [9.17, 15) is 8.78 Å². The molecule has 0 aliphatic carbocycles. The van der Waals surface area contributed by atoms with Gasteiger partial charge in [0.2, 0.25) is 0 Å². The molecule has 4 nitrogen and oxygen atoms in total. The molecular formula is C78H52F2N4. The van der Waals surface area contributed by atoms with Crippen LogP contribution >= 0.6 is 0 Å². The maximum Gasteiger partial charge on any atom is 0.123 e. The molecule has 0 fully saturated rings. The standard InChI is InChI=1S/C78H52F2N4/c79-61-31-43-67(44-32-61)83-75-17-9-7-15-71(75)73-51-69(47-49-77(73)83)81(63-35-23-57(24-36-63)53-11-3-1-4-12-53)65-39-27-59(28-40-65)55-19-21-56(22-20-55)60-29-41-66(42-30-60)82(64-37-25-58(26-38-64)54-13-5-2-6-14-54)70-48-50-78-74(52-70)72-16-8-10-18-76(72)84(78)68-45-33-62(80)34-46-68/h1-52H. The number of halogens is 2. The molecule has 15 rings (SSSR count). The van der Waals surface area contributed by atoms with Crippen LogP contribution in [-0.4, -0.2) is 9.13 Å². The highest BCUT2D eigenvalue weighted by Crippen LogP contribution is 2.44. The molecule has 0 N–H and O–H groups in total. The van der Waals surface area contributed by atoms with Crippen molar-refractivity contribution in [2.45, 2.75) is 0 Å². The van der Waals surface area contributed by atoms with Gasteiger partial charge in [0.05, 0.1) is 22.1 Å². The Morgan fingerprint density at radius 1 is 0.202 bits per heavy atom. The fourth-order valence-corrected chi connectivity index (χ4v) is 12.2. The highest BCUT2D eigenvalue weighted by molar-refractivity contribution is 6.12. The first-order valence-electron chi connectivity index (χ1n) is 28.3. The minimum Gasteiger partial charge on any atom is -0.310 e. The zero-order chi connectivity index (χ0) is 56.1. The van der Waals surface area contributed by atoms with Gasteiger partial charge in [0.15, 0.2) is 0 Å². The zero-order valence-corrected chi connectivity index (χ0v) is 45.6. The summed E-state index contributed by atoms with van der Waals surface area (Å²) in [5.74, 6) is -0.518. The first kappa shape index (κ1) is 49.9. The molecule has 0 saturated heterocycles. The van der Waals surface area contributed by atoms with Crippen molar-refractivity contribution >= 4 is 77.7 Å². The second kappa shape index (κ2) is 21.1. The minimum absolute atomic E-state index is 0.259. The summed E-state index contributed by atoms with van der Waals surface area (Å²) in [5, 5.41) is 4.47. The van der Waals surface area contributed by atoms with Crippen molar-refractivity contribution in [3.63, 3.8) is 0 Å². The van der Waals surface area contributed by atoms with Crippen molar-refractivity contribution in [2.24, 2.45) is 0 Å². The van der Waals surface area contributed by atoms with E-state index in [0.29, 0.717) is 0 Å². The van der Waals surface area contributed by atoms with Crippen LogP contribution in [0, 0.1) is 11.6 Å². The lowest BCUT2D eigenvalue weighted by Gasteiger charge is -2.26. The van der Waals surface area contributed by atoms with Gasteiger partial charge in [-0.2, -0.15) is 0 Å². The van der Waals surface area contributed by atoms with Crippen molar-refractivity contribution in [2.75, 3.05) is 9.80 Å². The molecule has 2 heterocycles. The lowest BCUT2D eigenvalue weighted by Crippen LogP contribution is -2.10. The normalized spacial score (nSPS) is 11.5. The van der Waals surface area contributed by atoms with E-state index in [-0.39, 0.29) is 11.6 Å². The van der Waals surface area contributed by atoms with Crippen molar-refractivity contribution in [3.05, 3.63) is 327 Å². The van der Waals surface area contributed by atoms with Gasteiger partial charge in [-0.25, -0.2) is 8.78 Å². The predicted molar refractivity (Wildman–Crippen MR) is 346 cm³/mol. The number of aromatic nitrogens is 2. The topological polar surface area (TPSA) is 16.3 Å². The summed E-state index contributed by atoms with van der Waals surface area (Å²) >= 11 is 0. The third kappa shape index (κ3) is 9.13. The molecule has 0 unspecified atom stereocenters. The summed E-state index contributed by atoms with van der Waals surface area (Å²) < 4.78 is 32.8. The fraction of sp³-hybridized carbons (Fsp3) is 0. The second-order valence-corrected chi connectivity index (χ2v) is 21.2. The molecule has 0 aliphatic heterocycles. The Labute approximate surface area is 485 Å². The largest absolute Gasteiger partial charge is 0.310 e. The molecule has 0 aliphatic rings. The molecule has 6 heteroatoms. The zero-order valence-electron chi connectivity index (χ0n) is 45.6. The molecule has 0 atom stereocenters. The Bertz CT molecular complexity index is 4530. The summed E-state index contributed by atoms with van der Waals surface area (Å²) in [4.78, 5) is 4.64. The van der Waals surface area contributed by atoms with Crippen LogP contribution < -0.4 is 9.80 Å². The van der Waals surface area contributed by atoms with Crippen molar-refractivity contribution in [1.29, 1.82) is 0 Å². The lowest BCUT2D eigenvalue weighted by atomic mass is 9.99. The average Bonchev–Trinajstić information content (AvgIpc) is 2.49. The highest BCUT2D eigenvalue weighted by atomic mass is 19.1. The van der Waals surface area contributed by atoms with E-state index < -0.39 is 0 Å². The molecule has 0 bridgehead atoms. The number of rotatable bonds is 12. The maximum absolute atomic E-state index is 14.2. The van der Waals surface area contributed by atoms with Crippen LogP contribution in [0.5, 0.6) is 0 Å². The number of benzene rings is 13. The van der Waals surface area contributed by atoms with E-state index >= 15 is 0 Å². The summed E-state index contributed by atoms with van der Waals surface area (Å²) in [6.45, 7) is 0. The number of para-hydroxylation sites is 2. The molecule has 0 radical (unpaired) electrons. The van der Waals surface area contributed by atoms with E-state index in [4.69, 9.17) is 0 Å². The van der Waals surface area contributed by atoms with Crippen LogP contribution in [-0.2, 0) is 0 Å². The van der Waals surface area contributed by atoms with Crippen molar-refractivity contribution < 1.29 is 8.78 Å². The first-order valence-corrected chi connectivity index (χ1v) is 28.3. The van der Waals surface area contributed by atoms with Gasteiger partial charge in [-0.3, -0.25) is 0 Å². The summed E-state index contributed by atoms with van der Waals surface area (Å²) in [5.41, 5.74) is 21.3. The van der Waals surface area contributed by atoms with Gasteiger partial charge in [0.1, 0.15) is 11.6 Å². The second-order valence-electron chi connectivity index (χ2n) is 21.2. The van der Waals surface area contributed by atoms with Crippen LogP contribution in [0.4, 0.5) is 42.9 Å². The minimum atomic E-state index is -0.259. The summed E-state index contributed by atoms with van der Waals surface area (Å²) in [7, 11) is 0. The Balaban J connectivity index is 0.750. The van der Waals surface area contributed by atoms with Gasteiger partial charge in [0.25, 0.3) is 0 Å². The van der Waals surface area contributed by atoms with Gasteiger partial charge in [0, 0.05) is 67.0 Å². The van der Waals surface area contributed by atoms with E-state index in [0.717, 1.165) is 122 Å². The monoisotopic (exact) mass is 1080 g/mol. The molecule has 2 aromatic heterocycles. The maximum atomic E-state index is 14.2. The van der Waals surface area contributed by atoms with E-state index in [1.807, 2.05) is 36.4 Å². The van der Waals surface area contributed by atoms with Crippen LogP contribution in [0.15, 0.2) is 315 Å². The summed E-state index contributed by atoms with van der Waals surface area (Å²) in [6, 6.07) is 109. The van der Waals surface area contributed by atoms with Crippen LogP contribution in [0.1, 0.15) is 0 Å². The van der Waals surface area contributed by atoms with Crippen molar-refractivity contribution in [1.82, 2.24) is 9.13 Å². The van der Waals surface area contributed by atoms with Gasteiger partial charge in [-0.1, -0.05) is 170 Å². The first-order chi connectivity index (χ1) is 41.5. The Kier molecular flexibility index (Phi) is 12.5. The number of hydrogen-bond donors (Lipinski definition) is 0.